The van der Waals surface area contributed by atoms with E-state index in [1.54, 1.807) is 0 Å². The summed E-state index contributed by atoms with van der Waals surface area (Å²) in [6.07, 6.45) is 2.80. The maximum atomic E-state index is 12.0. The lowest BCUT2D eigenvalue weighted by Crippen LogP contribution is -2.58. The van der Waals surface area contributed by atoms with E-state index in [2.05, 4.69) is 0 Å². The average Bonchev–Trinajstić information content (AvgIpc) is 2.87. The number of aliphatic carboxylic acids is 4. The van der Waals surface area contributed by atoms with Gasteiger partial charge in [-0.3, -0.25) is 19.2 Å². The van der Waals surface area contributed by atoms with Gasteiger partial charge in [0.25, 0.3) is 0 Å². The normalized spacial score (nSPS) is 20.9. The second-order valence-electron chi connectivity index (χ2n) is 7.06. The van der Waals surface area contributed by atoms with E-state index in [0.29, 0.717) is 0 Å². The first kappa shape index (κ1) is 20.7. The Bertz CT molecular complexity index is 588. The van der Waals surface area contributed by atoms with Gasteiger partial charge < -0.3 is 20.4 Å². The Hall–Kier alpha value is -2.38. The minimum atomic E-state index is -2.32. The summed E-state index contributed by atoms with van der Waals surface area (Å²) in [5, 5.41) is 38.9. The number of hydrogen-bond donors (Lipinski definition) is 4. The van der Waals surface area contributed by atoms with Crippen molar-refractivity contribution in [3.8, 4) is 0 Å². The van der Waals surface area contributed by atoms with Gasteiger partial charge in [0.2, 0.25) is 0 Å². The molecule has 0 aromatic heterocycles. The zero-order valence-corrected chi connectivity index (χ0v) is 14.6. The summed E-state index contributed by atoms with van der Waals surface area (Å²) in [6, 6.07) is 0. The Morgan fingerprint density at radius 2 is 1.16 bits per heavy atom. The maximum Gasteiger partial charge on any atom is 0.321 e. The number of carboxylic acids is 4. The molecule has 0 radical (unpaired) electrons. The van der Waals surface area contributed by atoms with Crippen molar-refractivity contribution in [1.29, 1.82) is 0 Å². The van der Waals surface area contributed by atoms with E-state index in [1.807, 2.05) is 0 Å². The molecule has 4 N–H and O–H groups in total. The first-order valence-corrected chi connectivity index (χ1v) is 7.99. The van der Waals surface area contributed by atoms with Gasteiger partial charge in [0.05, 0.1) is 0 Å². The molecule has 1 rings (SSSR count). The van der Waals surface area contributed by atoms with Crippen molar-refractivity contribution in [2.75, 3.05) is 0 Å². The quantitative estimate of drug-likeness (QED) is 0.380. The highest BCUT2D eigenvalue weighted by Crippen LogP contribution is 2.54. The van der Waals surface area contributed by atoms with Gasteiger partial charge in [0.1, 0.15) is 0 Å². The fraction of sp³-hybridized carbons (Fsp3) is 0.647. The van der Waals surface area contributed by atoms with E-state index in [4.69, 9.17) is 0 Å². The van der Waals surface area contributed by atoms with Crippen molar-refractivity contribution in [3.63, 3.8) is 0 Å². The van der Waals surface area contributed by atoms with Gasteiger partial charge in [-0.15, -0.1) is 0 Å². The Morgan fingerprint density at radius 1 is 0.800 bits per heavy atom. The van der Waals surface area contributed by atoms with Crippen LogP contribution in [0.4, 0.5) is 0 Å². The number of allylic oxidation sites excluding steroid dienone is 2. The lowest BCUT2D eigenvalue weighted by molar-refractivity contribution is -0.187. The predicted octanol–water partition coefficient (Wildman–Crippen LogP) is 1.80. The van der Waals surface area contributed by atoms with Gasteiger partial charge in [-0.1, -0.05) is 39.8 Å². The maximum absolute atomic E-state index is 12.0. The number of carboxylic acid groups (broad SMARTS) is 4. The van der Waals surface area contributed by atoms with Crippen LogP contribution in [-0.2, 0) is 19.2 Å². The van der Waals surface area contributed by atoms with E-state index < -0.39 is 58.4 Å². The van der Waals surface area contributed by atoms with Gasteiger partial charge in [-0.25, -0.2) is 0 Å². The molecule has 8 heteroatoms. The SMILES string of the molecule is CC(C)C(C(=O)O)(C(=O)O)C1C=CCC1C(C(=O)O)(C(=O)O)C(C)C. The first-order chi connectivity index (χ1) is 11.4. The summed E-state index contributed by atoms with van der Waals surface area (Å²) in [5.74, 6) is -10.6. The van der Waals surface area contributed by atoms with Crippen LogP contribution in [-0.4, -0.2) is 44.3 Å². The minimum Gasteiger partial charge on any atom is -0.480 e. The summed E-state index contributed by atoms with van der Waals surface area (Å²) in [6.45, 7) is 5.69. The summed E-state index contributed by atoms with van der Waals surface area (Å²) >= 11 is 0. The molecule has 0 bridgehead atoms. The van der Waals surface area contributed by atoms with Crippen molar-refractivity contribution in [3.05, 3.63) is 12.2 Å². The van der Waals surface area contributed by atoms with E-state index in [-0.39, 0.29) is 6.42 Å². The molecule has 8 nitrogen and oxygen atoms in total. The zero-order chi connectivity index (χ0) is 19.7. The van der Waals surface area contributed by atoms with E-state index in [9.17, 15) is 39.6 Å². The molecule has 0 amide bonds. The Kier molecular flexibility index (Phi) is 5.67. The van der Waals surface area contributed by atoms with Crippen molar-refractivity contribution < 1.29 is 39.6 Å². The van der Waals surface area contributed by atoms with Crippen LogP contribution < -0.4 is 0 Å². The summed E-state index contributed by atoms with van der Waals surface area (Å²) < 4.78 is 0. The van der Waals surface area contributed by atoms with Crippen LogP contribution in [0.15, 0.2) is 12.2 Å². The van der Waals surface area contributed by atoms with E-state index in [1.165, 1.54) is 39.8 Å². The first-order valence-electron chi connectivity index (χ1n) is 7.99. The fourth-order valence-electron chi connectivity index (χ4n) is 4.18. The predicted molar refractivity (Wildman–Crippen MR) is 85.8 cm³/mol. The van der Waals surface area contributed by atoms with Crippen LogP contribution in [0.3, 0.4) is 0 Å². The zero-order valence-electron chi connectivity index (χ0n) is 14.6. The van der Waals surface area contributed by atoms with Crippen LogP contribution >= 0.6 is 0 Å². The Labute approximate surface area is 145 Å². The number of rotatable bonds is 8. The monoisotopic (exact) mass is 356 g/mol. The Morgan fingerprint density at radius 3 is 1.44 bits per heavy atom. The number of carbonyl (C=O) groups is 4. The smallest absolute Gasteiger partial charge is 0.321 e. The molecule has 0 aromatic carbocycles. The largest absolute Gasteiger partial charge is 0.480 e. The lowest BCUT2D eigenvalue weighted by Gasteiger charge is -2.44. The molecular formula is C17H24O8. The van der Waals surface area contributed by atoms with E-state index in [0.717, 1.165) is 0 Å². The molecular weight excluding hydrogens is 332 g/mol. The van der Waals surface area contributed by atoms with Gasteiger partial charge >= 0.3 is 23.9 Å². The second kappa shape index (κ2) is 6.85. The molecule has 2 atom stereocenters. The van der Waals surface area contributed by atoms with Crippen LogP contribution in [0.25, 0.3) is 0 Å². The summed E-state index contributed by atoms with van der Waals surface area (Å²) in [7, 11) is 0. The molecule has 25 heavy (non-hydrogen) atoms. The third kappa shape index (κ3) is 2.69. The third-order valence-electron chi connectivity index (χ3n) is 5.51. The lowest BCUT2D eigenvalue weighted by atomic mass is 9.55. The molecule has 0 heterocycles. The van der Waals surface area contributed by atoms with Crippen LogP contribution in [0.2, 0.25) is 0 Å². The van der Waals surface area contributed by atoms with Crippen molar-refractivity contribution >= 4 is 23.9 Å². The van der Waals surface area contributed by atoms with Crippen molar-refractivity contribution in [2.24, 2.45) is 34.5 Å². The van der Waals surface area contributed by atoms with Crippen LogP contribution in [0.5, 0.6) is 0 Å². The van der Waals surface area contributed by atoms with Crippen LogP contribution in [0, 0.1) is 34.5 Å². The van der Waals surface area contributed by atoms with Crippen LogP contribution in [0.1, 0.15) is 34.1 Å². The molecule has 0 aliphatic heterocycles. The molecule has 0 saturated carbocycles. The van der Waals surface area contributed by atoms with Crippen molar-refractivity contribution in [1.82, 2.24) is 0 Å². The van der Waals surface area contributed by atoms with Gasteiger partial charge in [-0.2, -0.15) is 0 Å². The van der Waals surface area contributed by atoms with Gasteiger partial charge in [0, 0.05) is 5.92 Å². The average molecular weight is 356 g/mol. The topological polar surface area (TPSA) is 149 Å². The highest BCUT2D eigenvalue weighted by Gasteiger charge is 2.65. The van der Waals surface area contributed by atoms with E-state index >= 15 is 0 Å². The highest BCUT2D eigenvalue weighted by molar-refractivity contribution is 6.01. The number of hydrogen-bond acceptors (Lipinski definition) is 4. The molecule has 2 unspecified atom stereocenters. The molecule has 1 aliphatic rings. The second-order valence-corrected chi connectivity index (χ2v) is 7.06. The molecule has 140 valence electrons. The van der Waals surface area contributed by atoms with Crippen molar-refractivity contribution in [2.45, 2.75) is 34.1 Å². The minimum absolute atomic E-state index is 0.0174. The Balaban J connectivity index is 3.72. The molecule has 0 spiro atoms. The molecule has 0 fully saturated rings. The molecule has 1 aliphatic carbocycles. The standard InChI is InChI=1S/C17H24O8/c1-8(2)16(12(18)19,13(20)21)10-6-5-7-11(10)17(9(3)4,14(22)23)15(24)25/h5-6,8-11H,7H2,1-4H3,(H,18,19)(H,20,21)(H,22,23)(H,24,25). The highest BCUT2D eigenvalue weighted by atomic mass is 16.4. The van der Waals surface area contributed by atoms with Gasteiger partial charge in [-0.05, 0) is 24.2 Å². The summed E-state index contributed by atoms with van der Waals surface area (Å²) in [4.78, 5) is 47.9. The summed E-state index contributed by atoms with van der Waals surface area (Å²) in [5.41, 5.74) is -4.61. The van der Waals surface area contributed by atoms with Gasteiger partial charge in [0.15, 0.2) is 10.8 Å². The fourth-order valence-corrected chi connectivity index (χ4v) is 4.18. The molecule has 0 saturated heterocycles. The third-order valence-corrected chi connectivity index (χ3v) is 5.51. The molecule has 0 aromatic rings.